The number of likely N-dealkylation sites (tertiary alicyclic amines) is 1. The van der Waals surface area contributed by atoms with Crippen LogP contribution in [0.25, 0.3) is 21.5 Å². The number of aromatic nitrogens is 3. The van der Waals surface area contributed by atoms with Crippen molar-refractivity contribution in [3.63, 3.8) is 0 Å². The molecule has 0 bridgehead atoms. The number of fused-ring (bicyclic) bond motifs is 1. The molecule has 5 heterocycles. The Hall–Kier alpha value is -3.03. The Morgan fingerprint density at radius 3 is 2.52 bits per heavy atom. The second-order valence-electron chi connectivity index (χ2n) is 14.1. The number of β-amino-alcohol motifs (C(OH)–C–C–N with tert-alkyl or cyclic N) is 1. The number of aliphatic hydroxyl groups is 1. The van der Waals surface area contributed by atoms with Gasteiger partial charge in [-0.3, -0.25) is 0 Å². The van der Waals surface area contributed by atoms with Crippen molar-refractivity contribution < 1.29 is 17.8 Å². The Labute approximate surface area is 293 Å². The second kappa shape index (κ2) is 13.7. The van der Waals surface area contributed by atoms with E-state index in [1.54, 1.807) is 16.2 Å². The summed E-state index contributed by atoms with van der Waals surface area (Å²) in [5, 5.41) is 10.8. The number of thiazole rings is 1. The molecule has 4 fully saturated rings. The molecule has 0 unspecified atom stereocenters. The van der Waals surface area contributed by atoms with Gasteiger partial charge >= 0.3 is 241 Å². The monoisotopic (exact) mass is 781 g/mol. The van der Waals surface area contributed by atoms with Gasteiger partial charge < -0.3 is 4.57 Å². The minimum atomic E-state index is -1.92. The fourth-order valence-corrected chi connectivity index (χ4v) is 13.2. The fraction of sp³-hybridized carbons (Fsp3) is 0.514. The predicted molar refractivity (Wildman–Crippen MR) is 198 cm³/mol. The van der Waals surface area contributed by atoms with Gasteiger partial charge in [-0.05, 0) is 25.0 Å². The number of hydrogen-bond donors (Lipinski definition) is 1. The van der Waals surface area contributed by atoms with Gasteiger partial charge in [0.05, 0.1) is 11.0 Å². The van der Waals surface area contributed by atoms with Crippen molar-refractivity contribution in [2.45, 2.75) is 69.3 Å². The summed E-state index contributed by atoms with van der Waals surface area (Å²) in [4.78, 5) is 41.5. The Bertz CT molecular complexity index is 1780. The number of pyridine rings is 1. The van der Waals surface area contributed by atoms with E-state index in [0.29, 0.717) is 30.8 Å². The summed E-state index contributed by atoms with van der Waals surface area (Å²) >= 11 is -0.131. The molecule has 1 aromatic carbocycles. The normalized spacial score (nSPS) is 22.9. The molecule has 0 atom stereocenters. The molecule has 2 amide bonds. The number of amides is 2. The van der Waals surface area contributed by atoms with Gasteiger partial charge in [0, 0.05) is 13.2 Å². The number of nitrogens with zero attached hydrogens (tertiary/aromatic N) is 5. The molecule has 2 saturated heterocycles. The van der Waals surface area contributed by atoms with Crippen LogP contribution in [0, 0.1) is 11.8 Å². The van der Waals surface area contributed by atoms with E-state index in [-0.39, 0.29) is 17.9 Å². The molecule has 2 saturated carbocycles. The number of hydrogen-bond acceptors (Lipinski definition) is 7. The van der Waals surface area contributed by atoms with Gasteiger partial charge in [0.15, 0.2) is 0 Å². The molecular formula is C37H44IN5O4S. The van der Waals surface area contributed by atoms with Crippen LogP contribution in [-0.2, 0) is 14.9 Å². The van der Waals surface area contributed by atoms with Crippen LogP contribution in [-0.4, -0.2) is 71.1 Å². The molecule has 0 radical (unpaired) electrons. The summed E-state index contributed by atoms with van der Waals surface area (Å²) in [6.07, 6.45) is 11.7. The average molecular weight is 782 g/mol. The van der Waals surface area contributed by atoms with Crippen molar-refractivity contribution >= 4 is 60.3 Å². The number of benzene rings is 1. The Balaban J connectivity index is 0.962. The molecule has 8 rings (SSSR count). The van der Waals surface area contributed by atoms with Crippen molar-refractivity contribution in [1.29, 1.82) is 0 Å². The molecule has 11 heteroatoms. The first-order valence-electron chi connectivity index (χ1n) is 17.4. The van der Waals surface area contributed by atoms with E-state index in [0.717, 1.165) is 76.2 Å². The molecule has 4 aliphatic rings. The number of alkyl halides is 2. The number of anilines is 1. The molecule has 2 aliphatic carbocycles. The van der Waals surface area contributed by atoms with Gasteiger partial charge in [-0.15, -0.1) is 0 Å². The first-order chi connectivity index (χ1) is 23.4. The maximum absolute atomic E-state index is 14.4. The minimum Gasteiger partial charge on any atom is -0.0344 e. The van der Waals surface area contributed by atoms with E-state index < -0.39 is 26.3 Å². The summed E-state index contributed by atoms with van der Waals surface area (Å²) in [5.41, 5.74) is 5.51. The van der Waals surface area contributed by atoms with Gasteiger partial charge in [-0.25, -0.2) is 0 Å². The van der Waals surface area contributed by atoms with Crippen molar-refractivity contribution in [3.05, 3.63) is 65.6 Å². The van der Waals surface area contributed by atoms with E-state index in [4.69, 9.17) is 13.0 Å². The second-order valence-corrected chi connectivity index (χ2v) is 20.1. The predicted octanol–water partition coefficient (Wildman–Crippen LogP) is 7.53. The summed E-state index contributed by atoms with van der Waals surface area (Å²) in [7, 11) is 2.06. The average Bonchev–Trinajstić information content (AvgIpc) is 3.71. The van der Waals surface area contributed by atoms with Gasteiger partial charge in [0.25, 0.3) is 0 Å². The Morgan fingerprint density at radius 2 is 1.77 bits per heavy atom. The van der Waals surface area contributed by atoms with Crippen LogP contribution < -0.4 is 4.90 Å². The van der Waals surface area contributed by atoms with Crippen LogP contribution in [0.2, 0.25) is 0 Å². The molecule has 48 heavy (non-hydrogen) atoms. The van der Waals surface area contributed by atoms with Crippen molar-refractivity contribution in [3.8, 4) is 10.4 Å². The molecule has 2 aliphatic heterocycles. The third-order valence-electron chi connectivity index (χ3n) is 10.6. The molecule has 0 spiro atoms. The number of halogens is 1. The molecule has 254 valence electrons. The van der Waals surface area contributed by atoms with Crippen LogP contribution in [0.15, 0.2) is 54.9 Å². The van der Waals surface area contributed by atoms with E-state index in [2.05, 4.69) is 65.2 Å². The first kappa shape index (κ1) is 32.2. The summed E-state index contributed by atoms with van der Waals surface area (Å²) in [6.45, 7) is 1.45. The number of rotatable bonds is 8. The molecule has 4 aromatic rings. The standard InChI is InChI=1S/C37H44IN5O4S/c1-41-18-15-32-33(41)12-11-31(40-32)25-7-5-24(6-8-25)21-43(29-4-2-3-28(19-29)34-20-39-35(48-34)26-9-10-26)36(45)27-13-16-38(17-14-27)47-37(46)42-22-30(44)23-42/h2-4,11-12,15,18-20,24-27,30,44H,5-10,13-14,16-17,21-23H2,1H3. The van der Waals surface area contributed by atoms with Gasteiger partial charge in [-0.1, -0.05) is 0 Å². The SMILES string of the molecule is Cn1ccc2nc(C3CCC(CN(C(=O)C4CCI(OC(=O)N5CC(O)C5)CC4)c4cccc(-c5cnc(C6CC6)s5)c4)CC3)ccc21. The summed E-state index contributed by atoms with van der Waals surface area (Å²) in [5.74, 6) is 1.66. The quantitative estimate of drug-likeness (QED) is 0.147. The van der Waals surface area contributed by atoms with E-state index in [1.807, 2.05) is 6.20 Å². The van der Waals surface area contributed by atoms with Crippen LogP contribution in [0.3, 0.4) is 0 Å². The minimum absolute atomic E-state index is 0.0604. The zero-order valence-electron chi connectivity index (χ0n) is 27.5. The van der Waals surface area contributed by atoms with Crippen molar-refractivity contribution in [2.75, 3.05) is 33.4 Å². The van der Waals surface area contributed by atoms with Crippen molar-refractivity contribution in [1.82, 2.24) is 19.4 Å². The Morgan fingerprint density at radius 1 is 1.00 bits per heavy atom. The third kappa shape index (κ3) is 6.87. The zero-order chi connectivity index (χ0) is 32.8. The molecule has 9 nitrogen and oxygen atoms in total. The number of carbonyl (C=O) groups is 2. The number of carbonyl (C=O) groups excluding carboxylic acids is 2. The van der Waals surface area contributed by atoms with Gasteiger partial charge in [-0.2, -0.15) is 0 Å². The number of aliphatic hydroxyl groups excluding tert-OH is 1. The topological polar surface area (TPSA) is 101 Å². The van der Waals surface area contributed by atoms with Crippen LogP contribution in [0.5, 0.6) is 0 Å². The third-order valence-corrected chi connectivity index (χ3v) is 16.5. The van der Waals surface area contributed by atoms with Gasteiger partial charge in [0.1, 0.15) is 0 Å². The molecule has 1 N–H and O–H groups in total. The first-order valence-corrected chi connectivity index (χ1v) is 22.2. The van der Waals surface area contributed by atoms with Crippen LogP contribution >= 0.6 is 31.6 Å². The Kier molecular flexibility index (Phi) is 9.19. The van der Waals surface area contributed by atoms with E-state index >= 15 is 0 Å². The smallest absolute Gasteiger partial charge is 0.0344 e. The van der Waals surface area contributed by atoms with E-state index in [9.17, 15) is 14.7 Å². The zero-order valence-corrected chi connectivity index (χ0v) is 30.4. The molecular weight excluding hydrogens is 737 g/mol. The summed E-state index contributed by atoms with van der Waals surface area (Å²) in [6, 6.07) is 15.0. The van der Waals surface area contributed by atoms with Gasteiger partial charge in [0.2, 0.25) is 0 Å². The van der Waals surface area contributed by atoms with E-state index in [1.165, 1.54) is 28.4 Å². The maximum atomic E-state index is 14.4. The molecule has 3 aromatic heterocycles. The number of aryl methyl sites for hydroxylation is 1. The van der Waals surface area contributed by atoms with Crippen LogP contribution in [0.4, 0.5) is 10.5 Å². The van der Waals surface area contributed by atoms with Crippen LogP contribution in [0.1, 0.15) is 73.9 Å². The summed E-state index contributed by atoms with van der Waals surface area (Å²) < 4.78 is 9.69. The van der Waals surface area contributed by atoms with Crippen molar-refractivity contribution in [2.24, 2.45) is 18.9 Å². The fourth-order valence-electron chi connectivity index (χ4n) is 7.42.